The van der Waals surface area contributed by atoms with Crippen molar-refractivity contribution in [1.82, 2.24) is 10.2 Å². The molecule has 1 N–H and O–H groups in total. The van der Waals surface area contributed by atoms with Crippen molar-refractivity contribution >= 4 is 23.4 Å². The first-order valence-corrected chi connectivity index (χ1v) is 9.80. The Morgan fingerprint density at radius 1 is 1.07 bits per heavy atom. The number of benzene rings is 2. The van der Waals surface area contributed by atoms with Gasteiger partial charge < -0.3 is 15.0 Å². The molecule has 0 spiro atoms. The van der Waals surface area contributed by atoms with E-state index in [4.69, 9.17) is 16.3 Å². The fourth-order valence-corrected chi connectivity index (χ4v) is 2.71. The van der Waals surface area contributed by atoms with E-state index < -0.39 is 6.04 Å². The standard InChI is InChI=1S/C22H27ClN2O3/c1-4-16(2)24-22(27)17(3)25(14-18-10-12-19(23)13-11-18)21(26)15-28-20-8-6-5-7-9-20/h5-13,16-17H,4,14-15H2,1-3H3,(H,24,27)/t16-,17+/m0/s1. The topological polar surface area (TPSA) is 58.6 Å². The molecule has 0 aliphatic carbocycles. The minimum atomic E-state index is -0.628. The smallest absolute Gasteiger partial charge is 0.261 e. The molecule has 0 aliphatic rings. The van der Waals surface area contributed by atoms with E-state index in [1.54, 1.807) is 31.2 Å². The summed E-state index contributed by atoms with van der Waals surface area (Å²) in [7, 11) is 0. The Morgan fingerprint density at radius 2 is 1.71 bits per heavy atom. The quantitative estimate of drug-likeness (QED) is 0.688. The normalized spacial score (nSPS) is 12.7. The van der Waals surface area contributed by atoms with Gasteiger partial charge in [-0.15, -0.1) is 0 Å². The number of nitrogens with one attached hydrogen (secondary N) is 1. The lowest BCUT2D eigenvalue weighted by Crippen LogP contribution is -2.50. The zero-order valence-electron chi connectivity index (χ0n) is 16.5. The Morgan fingerprint density at radius 3 is 2.32 bits per heavy atom. The molecular weight excluding hydrogens is 376 g/mol. The van der Waals surface area contributed by atoms with Gasteiger partial charge in [0.15, 0.2) is 6.61 Å². The molecule has 0 aliphatic heterocycles. The van der Waals surface area contributed by atoms with Crippen molar-refractivity contribution in [2.45, 2.75) is 45.8 Å². The molecule has 0 saturated heterocycles. The molecule has 2 atom stereocenters. The third-order valence-electron chi connectivity index (χ3n) is 4.54. The van der Waals surface area contributed by atoms with Gasteiger partial charge >= 0.3 is 0 Å². The minimum absolute atomic E-state index is 0.0444. The van der Waals surface area contributed by atoms with Gasteiger partial charge in [-0.1, -0.05) is 48.9 Å². The predicted molar refractivity (Wildman–Crippen MR) is 111 cm³/mol. The Labute approximate surface area is 171 Å². The van der Waals surface area contributed by atoms with Crippen LogP contribution in [0.4, 0.5) is 0 Å². The largest absolute Gasteiger partial charge is 0.484 e. The summed E-state index contributed by atoms with van der Waals surface area (Å²) in [5.74, 6) is 0.168. The molecule has 5 nitrogen and oxygen atoms in total. The first-order chi connectivity index (χ1) is 13.4. The van der Waals surface area contributed by atoms with Gasteiger partial charge in [0.1, 0.15) is 11.8 Å². The van der Waals surface area contributed by atoms with Crippen LogP contribution in [-0.4, -0.2) is 35.4 Å². The molecule has 150 valence electrons. The van der Waals surface area contributed by atoms with Gasteiger partial charge in [-0.3, -0.25) is 9.59 Å². The third kappa shape index (κ3) is 6.57. The van der Waals surface area contributed by atoms with E-state index in [0.717, 1.165) is 12.0 Å². The SMILES string of the molecule is CC[C@H](C)NC(=O)[C@@H](C)N(Cc1ccc(Cl)cc1)C(=O)COc1ccccc1. The molecule has 0 fully saturated rings. The summed E-state index contributed by atoms with van der Waals surface area (Å²) in [6.07, 6.45) is 0.820. The molecule has 2 aromatic rings. The molecule has 2 rings (SSSR count). The summed E-state index contributed by atoms with van der Waals surface area (Å²) in [5.41, 5.74) is 0.889. The molecule has 6 heteroatoms. The van der Waals surface area contributed by atoms with Crippen LogP contribution in [0.2, 0.25) is 5.02 Å². The van der Waals surface area contributed by atoms with Crippen LogP contribution < -0.4 is 10.1 Å². The first kappa shape index (κ1) is 21.8. The summed E-state index contributed by atoms with van der Waals surface area (Å²) >= 11 is 5.95. The highest BCUT2D eigenvalue weighted by Crippen LogP contribution is 2.15. The van der Waals surface area contributed by atoms with Crippen molar-refractivity contribution in [2.24, 2.45) is 0 Å². The third-order valence-corrected chi connectivity index (χ3v) is 4.79. The Bertz CT molecular complexity index is 765. The Hall–Kier alpha value is -2.53. The van der Waals surface area contributed by atoms with E-state index in [1.807, 2.05) is 44.2 Å². The molecule has 2 aromatic carbocycles. The number of para-hydroxylation sites is 1. The number of hydrogen-bond donors (Lipinski definition) is 1. The van der Waals surface area contributed by atoms with E-state index in [2.05, 4.69) is 5.32 Å². The molecule has 0 heterocycles. The zero-order valence-corrected chi connectivity index (χ0v) is 17.3. The first-order valence-electron chi connectivity index (χ1n) is 9.42. The summed E-state index contributed by atoms with van der Waals surface area (Å²) in [6, 6.07) is 15.8. The van der Waals surface area contributed by atoms with Crippen LogP contribution >= 0.6 is 11.6 Å². The van der Waals surface area contributed by atoms with Crippen molar-refractivity contribution in [3.8, 4) is 5.75 Å². The lowest BCUT2D eigenvalue weighted by atomic mass is 10.1. The molecule has 2 amide bonds. The van der Waals surface area contributed by atoms with Crippen LogP contribution in [0.25, 0.3) is 0 Å². The average Bonchev–Trinajstić information content (AvgIpc) is 2.71. The van der Waals surface area contributed by atoms with E-state index >= 15 is 0 Å². The van der Waals surface area contributed by atoms with Gasteiger partial charge in [-0.2, -0.15) is 0 Å². The second-order valence-corrected chi connectivity index (χ2v) is 7.18. The van der Waals surface area contributed by atoms with Crippen LogP contribution in [0, 0.1) is 0 Å². The maximum atomic E-state index is 12.9. The van der Waals surface area contributed by atoms with E-state index in [1.165, 1.54) is 4.90 Å². The summed E-state index contributed by atoms with van der Waals surface area (Å²) in [6.45, 7) is 5.82. The number of rotatable bonds is 9. The highest BCUT2D eigenvalue weighted by atomic mass is 35.5. The van der Waals surface area contributed by atoms with Gasteiger partial charge in [0.05, 0.1) is 0 Å². The predicted octanol–water partition coefficient (Wildman–Crippen LogP) is 4.05. The molecule has 0 saturated carbocycles. The highest BCUT2D eigenvalue weighted by molar-refractivity contribution is 6.30. The molecule has 28 heavy (non-hydrogen) atoms. The van der Waals surface area contributed by atoms with Crippen LogP contribution in [-0.2, 0) is 16.1 Å². The van der Waals surface area contributed by atoms with Crippen molar-refractivity contribution in [3.63, 3.8) is 0 Å². The van der Waals surface area contributed by atoms with E-state index in [0.29, 0.717) is 17.3 Å². The van der Waals surface area contributed by atoms with Gasteiger partial charge in [0.2, 0.25) is 5.91 Å². The van der Waals surface area contributed by atoms with Crippen LogP contribution in [0.5, 0.6) is 5.75 Å². The van der Waals surface area contributed by atoms with Crippen molar-refractivity contribution in [3.05, 3.63) is 65.2 Å². The van der Waals surface area contributed by atoms with Crippen LogP contribution in [0.15, 0.2) is 54.6 Å². The zero-order chi connectivity index (χ0) is 20.5. The number of nitrogens with zero attached hydrogens (tertiary/aromatic N) is 1. The van der Waals surface area contributed by atoms with Crippen LogP contribution in [0.3, 0.4) is 0 Å². The maximum absolute atomic E-state index is 12.9. The number of amides is 2. The lowest BCUT2D eigenvalue weighted by Gasteiger charge is -2.29. The average molecular weight is 403 g/mol. The van der Waals surface area contributed by atoms with Gasteiger partial charge in [0, 0.05) is 17.6 Å². The summed E-state index contributed by atoms with van der Waals surface area (Å²) in [5, 5.41) is 3.56. The fraction of sp³-hybridized carbons (Fsp3) is 0.364. The molecule has 0 unspecified atom stereocenters. The number of carbonyl (C=O) groups excluding carboxylic acids is 2. The lowest BCUT2D eigenvalue weighted by molar-refractivity contribution is -0.142. The van der Waals surface area contributed by atoms with Crippen molar-refractivity contribution < 1.29 is 14.3 Å². The van der Waals surface area contributed by atoms with Crippen LogP contribution in [0.1, 0.15) is 32.8 Å². The fourth-order valence-electron chi connectivity index (χ4n) is 2.58. The molecule has 0 aromatic heterocycles. The molecule has 0 bridgehead atoms. The second-order valence-electron chi connectivity index (χ2n) is 6.74. The van der Waals surface area contributed by atoms with Gasteiger partial charge in [-0.25, -0.2) is 0 Å². The number of ether oxygens (including phenoxy) is 1. The monoisotopic (exact) mass is 402 g/mol. The van der Waals surface area contributed by atoms with E-state index in [-0.39, 0.29) is 24.5 Å². The Balaban J connectivity index is 2.12. The molecule has 0 radical (unpaired) electrons. The maximum Gasteiger partial charge on any atom is 0.261 e. The Kier molecular flexibility index (Phi) is 8.33. The minimum Gasteiger partial charge on any atom is -0.484 e. The number of carbonyl (C=O) groups is 2. The number of halogens is 1. The molecular formula is C22H27ClN2O3. The second kappa shape index (κ2) is 10.7. The van der Waals surface area contributed by atoms with Gasteiger partial charge in [-0.05, 0) is 50.1 Å². The highest BCUT2D eigenvalue weighted by Gasteiger charge is 2.27. The summed E-state index contributed by atoms with van der Waals surface area (Å²) < 4.78 is 5.59. The van der Waals surface area contributed by atoms with Crippen molar-refractivity contribution in [1.29, 1.82) is 0 Å². The van der Waals surface area contributed by atoms with E-state index in [9.17, 15) is 9.59 Å². The van der Waals surface area contributed by atoms with Gasteiger partial charge in [0.25, 0.3) is 5.91 Å². The number of hydrogen-bond acceptors (Lipinski definition) is 3. The summed E-state index contributed by atoms with van der Waals surface area (Å²) in [4.78, 5) is 27.0. The van der Waals surface area contributed by atoms with Crippen molar-refractivity contribution in [2.75, 3.05) is 6.61 Å².